The molecule has 0 saturated carbocycles. The molecule has 0 amide bonds. The highest BCUT2D eigenvalue weighted by atomic mass is 32.2. The first-order valence-electron chi connectivity index (χ1n) is 8.04. The van der Waals surface area contributed by atoms with E-state index in [9.17, 15) is 24.9 Å². The summed E-state index contributed by atoms with van der Waals surface area (Å²) in [6.45, 7) is 4.55. The second-order valence-corrected chi connectivity index (χ2v) is 8.01. The number of carbonyl (C=O) groups is 2. The van der Waals surface area contributed by atoms with Crippen molar-refractivity contribution >= 4 is 29.4 Å². The molecule has 136 valence electrons. The molecule has 2 aliphatic rings. The van der Waals surface area contributed by atoms with Gasteiger partial charge in [-0.15, -0.1) is 11.8 Å². The van der Waals surface area contributed by atoms with Gasteiger partial charge in [0.05, 0.1) is 40.9 Å². The van der Waals surface area contributed by atoms with Gasteiger partial charge in [-0.2, -0.15) is 9.36 Å². The summed E-state index contributed by atoms with van der Waals surface area (Å²) < 4.78 is 3.89. The smallest absolute Gasteiger partial charge is 0.311 e. The number of aliphatic carboxylic acids is 2. The Kier molecular flexibility index (Phi) is 4.83. The average molecular weight is 368 g/mol. The Morgan fingerprint density at radius 2 is 2.24 bits per heavy atom. The maximum Gasteiger partial charge on any atom is 0.311 e. The van der Waals surface area contributed by atoms with E-state index in [4.69, 9.17) is 0 Å². The van der Waals surface area contributed by atoms with Crippen molar-refractivity contribution in [3.63, 3.8) is 0 Å². The van der Waals surface area contributed by atoms with Gasteiger partial charge in [-0.3, -0.25) is 9.79 Å². The summed E-state index contributed by atoms with van der Waals surface area (Å²) in [5.41, 5.74) is -0.117. The first-order chi connectivity index (χ1) is 11.8. The highest BCUT2D eigenvalue weighted by molar-refractivity contribution is 8.01. The predicted molar refractivity (Wildman–Crippen MR) is 85.8 cm³/mol. The van der Waals surface area contributed by atoms with Gasteiger partial charge in [-0.1, -0.05) is 6.92 Å². The molecule has 9 nitrogen and oxygen atoms in total. The molecule has 25 heavy (non-hydrogen) atoms. The topological polar surface area (TPSA) is 132 Å². The Morgan fingerprint density at radius 3 is 2.80 bits per heavy atom. The van der Waals surface area contributed by atoms with Crippen molar-refractivity contribution in [1.82, 2.24) is 9.67 Å². The standard InChI is InChI=1S/C15H20N4O5S/c1-7-11(10(8(2)20)14(21)22)17-12(15(23)24)13(7)25-9-3-18-5-16-6-19(18)4-9/h5-11,13,20H,3-4H2,1-2H3,(H-,21,22,23,24). The van der Waals surface area contributed by atoms with Crippen LogP contribution in [0.15, 0.2) is 17.6 Å². The highest BCUT2D eigenvalue weighted by Gasteiger charge is 2.46. The molecule has 2 aliphatic heterocycles. The lowest BCUT2D eigenvalue weighted by Gasteiger charge is -2.27. The van der Waals surface area contributed by atoms with Crippen LogP contribution in [0, 0.1) is 11.8 Å². The van der Waals surface area contributed by atoms with E-state index in [-0.39, 0.29) is 16.9 Å². The molecule has 0 radical (unpaired) electrons. The van der Waals surface area contributed by atoms with Crippen LogP contribution < -0.4 is 9.79 Å². The van der Waals surface area contributed by atoms with Gasteiger partial charge in [0.15, 0.2) is 0 Å². The fourth-order valence-electron chi connectivity index (χ4n) is 3.57. The molecule has 10 heteroatoms. The molecule has 3 rings (SSSR count). The highest BCUT2D eigenvalue weighted by Crippen LogP contribution is 2.38. The lowest BCUT2D eigenvalue weighted by molar-refractivity contribution is -0.758. The molecule has 0 spiro atoms. The number of nitrogens with zero attached hydrogens (tertiary/aromatic N) is 4. The molecule has 1 aromatic heterocycles. The molecule has 2 N–H and O–H groups in total. The molecule has 5 atom stereocenters. The number of aromatic nitrogens is 3. The van der Waals surface area contributed by atoms with Gasteiger partial charge in [0.1, 0.15) is 12.5 Å². The van der Waals surface area contributed by atoms with Gasteiger partial charge in [0, 0.05) is 0 Å². The number of aliphatic hydroxyl groups excluding tert-OH is 1. The molecular weight excluding hydrogens is 348 g/mol. The second-order valence-electron chi connectivity index (χ2n) is 6.56. The van der Waals surface area contributed by atoms with Crippen LogP contribution in [0.3, 0.4) is 0 Å². The van der Waals surface area contributed by atoms with Gasteiger partial charge >= 0.3 is 12.3 Å². The number of rotatable bonds is 6. The Balaban J connectivity index is 1.79. The molecular formula is C15H20N4O5S. The van der Waals surface area contributed by atoms with E-state index in [0.29, 0.717) is 13.1 Å². The monoisotopic (exact) mass is 368 g/mol. The summed E-state index contributed by atoms with van der Waals surface area (Å²) in [6, 6.07) is -0.794. The molecule has 0 fully saturated rings. The molecule has 0 saturated heterocycles. The minimum absolute atomic E-state index is 0.117. The van der Waals surface area contributed by atoms with Crippen LogP contribution in [0.2, 0.25) is 0 Å². The third kappa shape index (κ3) is 3.28. The van der Waals surface area contributed by atoms with Crippen molar-refractivity contribution in [2.24, 2.45) is 16.8 Å². The number of hydrogen-bond donors (Lipinski definition) is 2. The average Bonchev–Trinajstić information content (AvgIpc) is 3.15. The molecule has 0 bridgehead atoms. The molecule has 0 aliphatic carbocycles. The SMILES string of the molecule is CC(O)C(C(=O)O)C1N=C(C(=O)[O-])C(SC2Cn3cnc[n+]3C2)C1C. The van der Waals surface area contributed by atoms with Crippen LogP contribution in [0.5, 0.6) is 0 Å². The van der Waals surface area contributed by atoms with Crippen LogP contribution >= 0.6 is 11.8 Å². The fraction of sp³-hybridized carbons (Fsp3) is 0.667. The zero-order chi connectivity index (χ0) is 18.3. The predicted octanol–water partition coefficient (Wildman–Crippen LogP) is -2.05. The number of carboxylic acids is 2. The van der Waals surface area contributed by atoms with E-state index < -0.39 is 35.3 Å². The zero-order valence-electron chi connectivity index (χ0n) is 13.8. The first-order valence-corrected chi connectivity index (χ1v) is 8.99. The first kappa shape index (κ1) is 17.9. The third-order valence-electron chi connectivity index (χ3n) is 4.81. The van der Waals surface area contributed by atoms with Gasteiger partial charge < -0.3 is 20.1 Å². The van der Waals surface area contributed by atoms with E-state index in [2.05, 4.69) is 9.98 Å². The molecule has 5 unspecified atom stereocenters. The molecule has 3 heterocycles. The summed E-state index contributed by atoms with van der Waals surface area (Å²) in [7, 11) is 0. The maximum atomic E-state index is 11.5. The molecule has 0 aromatic carbocycles. The summed E-state index contributed by atoms with van der Waals surface area (Å²) in [5.74, 6) is -4.05. The van der Waals surface area contributed by atoms with Crippen molar-refractivity contribution in [2.75, 3.05) is 0 Å². The Labute approximate surface area is 148 Å². The number of thioether (sulfide) groups is 1. The number of fused-ring (bicyclic) bond motifs is 1. The minimum Gasteiger partial charge on any atom is -0.543 e. The minimum atomic E-state index is -1.38. The van der Waals surface area contributed by atoms with Gasteiger partial charge in [-0.05, 0) is 17.8 Å². The third-order valence-corrected chi connectivity index (χ3v) is 6.43. The van der Waals surface area contributed by atoms with Crippen LogP contribution in [-0.2, 0) is 22.7 Å². The number of aliphatic imine (C=N–C) groups is 1. The van der Waals surface area contributed by atoms with Gasteiger partial charge in [0.2, 0.25) is 6.33 Å². The van der Waals surface area contributed by atoms with E-state index in [1.54, 1.807) is 19.6 Å². The quantitative estimate of drug-likeness (QED) is 0.552. The second kappa shape index (κ2) is 6.75. The number of carboxylic acid groups (broad SMARTS) is 2. The van der Waals surface area contributed by atoms with Crippen LogP contribution in [0.4, 0.5) is 0 Å². The lowest BCUT2D eigenvalue weighted by atomic mass is 9.86. The Hall–Kier alpha value is -1.94. The van der Waals surface area contributed by atoms with Gasteiger partial charge in [-0.25, -0.2) is 0 Å². The lowest BCUT2D eigenvalue weighted by Crippen LogP contribution is -2.42. The van der Waals surface area contributed by atoms with Crippen molar-refractivity contribution in [2.45, 2.75) is 49.6 Å². The van der Waals surface area contributed by atoms with Crippen molar-refractivity contribution in [1.29, 1.82) is 0 Å². The number of aliphatic hydroxyl groups is 1. The van der Waals surface area contributed by atoms with E-state index in [1.165, 1.54) is 18.7 Å². The van der Waals surface area contributed by atoms with Gasteiger partial charge in [0.25, 0.3) is 0 Å². The van der Waals surface area contributed by atoms with Crippen LogP contribution in [0.25, 0.3) is 0 Å². The van der Waals surface area contributed by atoms with Crippen LogP contribution in [-0.4, -0.2) is 60.2 Å². The van der Waals surface area contributed by atoms with Crippen molar-refractivity contribution in [3.8, 4) is 0 Å². The largest absolute Gasteiger partial charge is 0.543 e. The summed E-state index contributed by atoms with van der Waals surface area (Å²) >= 11 is 1.47. The van der Waals surface area contributed by atoms with Crippen molar-refractivity contribution in [3.05, 3.63) is 12.7 Å². The summed E-state index contributed by atoms with van der Waals surface area (Å²) in [6.07, 6.45) is 2.29. The Morgan fingerprint density at radius 1 is 1.52 bits per heavy atom. The normalized spacial score (nSPS) is 30.6. The maximum absolute atomic E-state index is 11.5. The summed E-state index contributed by atoms with van der Waals surface area (Å²) in [4.78, 5) is 31.2. The number of carbonyl (C=O) groups excluding carboxylic acids is 1. The summed E-state index contributed by atoms with van der Waals surface area (Å²) in [5, 5.41) is 30.4. The fourth-order valence-corrected chi connectivity index (χ4v) is 5.16. The van der Waals surface area contributed by atoms with E-state index in [1.807, 2.05) is 9.36 Å². The Bertz CT molecular complexity index is 698. The van der Waals surface area contributed by atoms with E-state index in [0.717, 1.165) is 0 Å². The van der Waals surface area contributed by atoms with Crippen molar-refractivity contribution < 1.29 is 29.6 Å². The number of hydrogen-bond acceptors (Lipinski definition) is 7. The van der Waals surface area contributed by atoms with E-state index >= 15 is 0 Å². The van der Waals surface area contributed by atoms with Crippen LogP contribution in [0.1, 0.15) is 13.8 Å². The molecule has 1 aromatic rings. The zero-order valence-corrected chi connectivity index (χ0v) is 14.7.